The van der Waals surface area contributed by atoms with Gasteiger partial charge in [0.05, 0.1) is 29.5 Å². The molecule has 3 aliphatic carbocycles. The molecule has 2 unspecified atom stereocenters. The Kier molecular flexibility index (Phi) is 11.7. The summed E-state index contributed by atoms with van der Waals surface area (Å²) in [5, 5.41) is 27.8. The largest absolute Gasteiger partial charge is 0.456 e. The lowest BCUT2D eigenvalue weighted by Gasteiger charge is -2.65. The average Bonchev–Trinajstić information content (AvgIpc) is 3.15. The number of alkyl carbamates (subject to hydrolysis) is 1. The summed E-state index contributed by atoms with van der Waals surface area (Å²) in [4.78, 5) is 82.6. The number of ketones is 1. The lowest BCUT2D eigenvalue weighted by molar-refractivity contribution is -0.306. The van der Waals surface area contributed by atoms with Gasteiger partial charge in [-0.05, 0) is 63.5 Å². The summed E-state index contributed by atoms with van der Waals surface area (Å²) in [5.41, 5.74) is -7.52. The summed E-state index contributed by atoms with van der Waals surface area (Å²) in [6, 6.07) is 14.8. The maximum Gasteiger partial charge on any atom is 0.408 e. The van der Waals surface area contributed by atoms with E-state index in [0.29, 0.717) is 5.56 Å². The van der Waals surface area contributed by atoms with Crippen LogP contribution in [0.2, 0.25) is 0 Å². The van der Waals surface area contributed by atoms with Gasteiger partial charge in [0.2, 0.25) is 0 Å². The van der Waals surface area contributed by atoms with Crippen LogP contribution in [-0.4, -0.2) is 99.9 Å². The molecule has 15 heteroatoms. The Morgan fingerprint density at radius 1 is 0.900 bits per heavy atom. The molecule has 2 aromatic carbocycles. The van der Waals surface area contributed by atoms with Crippen molar-refractivity contribution in [1.82, 2.24) is 5.32 Å². The highest BCUT2D eigenvalue weighted by Crippen LogP contribution is 2.63. The van der Waals surface area contributed by atoms with Crippen LogP contribution < -0.4 is 5.32 Å². The molecule has 4 aliphatic rings. The molecule has 1 saturated heterocycles. The van der Waals surface area contributed by atoms with E-state index in [4.69, 9.17) is 28.4 Å². The van der Waals surface area contributed by atoms with Gasteiger partial charge < -0.3 is 44.0 Å². The maximum absolute atomic E-state index is 15.4. The first-order valence-electron chi connectivity index (χ1n) is 19.8. The van der Waals surface area contributed by atoms with Gasteiger partial charge in [-0.15, -0.1) is 0 Å². The molecular weight excluding hydrogens is 778 g/mol. The first-order chi connectivity index (χ1) is 28.0. The van der Waals surface area contributed by atoms with Crippen molar-refractivity contribution in [2.24, 2.45) is 16.7 Å². The molecule has 1 amide bonds. The molecule has 1 saturated carbocycles. The smallest absolute Gasteiger partial charge is 0.408 e. The van der Waals surface area contributed by atoms with E-state index in [0.717, 1.165) is 6.92 Å². The van der Waals surface area contributed by atoms with E-state index in [2.05, 4.69) is 5.32 Å². The number of esters is 4. The van der Waals surface area contributed by atoms with Crippen molar-refractivity contribution in [3.8, 4) is 0 Å². The van der Waals surface area contributed by atoms with Gasteiger partial charge in [0.25, 0.3) is 0 Å². The maximum atomic E-state index is 15.4. The number of allylic oxidation sites excluding steroid dienone is 1. The van der Waals surface area contributed by atoms with E-state index in [9.17, 15) is 34.2 Å². The molecule has 3 N–H and O–H groups in total. The van der Waals surface area contributed by atoms with Gasteiger partial charge in [0, 0.05) is 25.7 Å². The van der Waals surface area contributed by atoms with Crippen LogP contribution in [0.4, 0.5) is 4.79 Å². The molecule has 2 fully saturated rings. The highest BCUT2D eigenvalue weighted by Gasteiger charge is 2.75. The number of nitrogens with one attached hydrogen (secondary N) is 1. The van der Waals surface area contributed by atoms with E-state index >= 15 is 4.79 Å². The third-order valence-corrected chi connectivity index (χ3v) is 12.2. The van der Waals surface area contributed by atoms with Crippen LogP contribution in [0.5, 0.6) is 0 Å². The number of hydrogen-bond donors (Lipinski definition) is 3. The molecule has 60 heavy (non-hydrogen) atoms. The van der Waals surface area contributed by atoms with E-state index in [-0.39, 0.29) is 23.3 Å². The number of carbonyl (C=O) groups is 6. The Morgan fingerprint density at radius 3 is 2.07 bits per heavy atom. The van der Waals surface area contributed by atoms with E-state index in [1.165, 1.54) is 25.1 Å². The van der Waals surface area contributed by atoms with Gasteiger partial charge in [-0.3, -0.25) is 14.4 Å². The number of Topliss-reactive ketones (excluding diaryl/α,β-unsaturated/α-hetero) is 1. The van der Waals surface area contributed by atoms with Gasteiger partial charge in [0.1, 0.15) is 29.5 Å². The second kappa shape index (κ2) is 15.9. The summed E-state index contributed by atoms with van der Waals surface area (Å²) in [6.07, 6.45) is -6.15. The number of hydrogen-bond acceptors (Lipinski definition) is 14. The zero-order valence-corrected chi connectivity index (χ0v) is 35.2. The molecule has 2 aromatic rings. The van der Waals surface area contributed by atoms with Crippen LogP contribution in [0.15, 0.2) is 84.0 Å². The monoisotopic (exact) mass is 831 g/mol. The van der Waals surface area contributed by atoms with Crippen molar-refractivity contribution < 1.29 is 67.4 Å². The van der Waals surface area contributed by atoms with Gasteiger partial charge >= 0.3 is 30.0 Å². The van der Waals surface area contributed by atoms with Crippen molar-refractivity contribution >= 4 is 35.8 Å². The number of carbonyl (C=O) groups excluding carboxylic acids is 6. The lowest BCUT2D eigenvalue weighted by atomic mass is 9.46. The van der Waals surface area contributed by atoms with E-state index < -0.39 is 112 Å². The van der Waals surface area contributed by atoms with Crippen molar-refractivity contribution in [3.63, 3.8) is 0 Å². The topological polar surface area (TPSA) is 210 Å². The third-order valence-electron chi connectivity index (χ3n) is 12.2. The lowest BCUT2D eigenvalue weighted by Crippen LogP contribution is -2.78. The summed E-state index contributed by atoms with van der Waals surface area (Å²) >= 11 is 0. The number of benzene rings is 2. The van der Waals surface area contributed by atoms with Crippen molar-refractivity contribution in [2.45, 2.75) is 122 Å². The minimum atomic E-state index is -2.31. The molecule has 0 spiro atoms. The Labute approximate surface area is 348 Å². The Bertz CT molecular complexity index is 2110. The standard InChI is InChI=1S/C45H53NO14/c1-24-29(57-39(52)33(49)32(27-16-12-10-13-17-27)46-40(53)60-41(4,5)6)22-45(54)37(58-38(51)28-18-14-11-15-19-28)35-43(9,21-20-30-44(35,23-55-30)59-26(3)48)36(50)34(56-25(2)47)31(24)42(45,7)8/h10-21,29-30,32-35,37,49,54H,22-23H2,1-9H3,(H,46,53)/t29-,30+,32-,33+,34+,35?,37?,43+,44-,45+/m0/s1. The summed E-state index contributed by atoms with van der Waals surface area (Å²) in [5.74, 6) is -5.75. The predicted octanol–water partition coefficient (Wildman–Crippen LogP) is 4.64. The molecule has 1 heterocycles. The normalized spacial score (nSPS) is 31.3. The van der Waals surface area contributed by atoms with Gasteiger partial charge in [-0.25, -0.2) is 14.4 Å². The average molecular weight is 832 g/mol. The van der Waals surface area contributed by atoms with Crippen LogP contribution in [0.1, 0.15) is 90.7 Å². The summed E-state index contributed by atoms with van der Waals surface area (Å²) in [7, 11) is 0. The number of aliphatic hydroxyl groups is 2. The van der Waals surface area contributed by atoms with Gasteiger partial charge in [-0.1, -0.05) is 74.5 Å². The zero-order valence-electron chi connectivity index (χ0n) is 35.2. The van der Waals surface area contributed by atoms with Crippen LogP contribution >= 0.6 is 0 Å². The summed E-state index contributed by atoms with van der Waals surface area (Å²) < 4.78 is 35.7. The second-order valence-corrected chi connectivity index (χ2v) is 17.7. The fraction of sp³-hybridized carbons (Fsp3) is 0.511. The highest BCUT2D eigenvalue weighted by molar-refractivity contribution is 5.96. The number of amides is 1. The predicted molar refractivity (Wildman–Crippen MR) is 212 cm³/mol. The van der Waals surface area contributed by atoms with Crippen molar-refractivity contribution in [2.75, 3.05) is 6.61 Å². The Balaban J connectivity index is 1.52. The number of fused-ring (bicyclic) bond motifs is 5. The third kappa shape index (κ3) is 7.74. The van der Waals surface area contributed by atoms with Crippen LogP contribution in [-0.2, 0) is 47.6 Å². The molecular formula is C45H53NO14. The molecule has 2 bridgehead atoms. The fourth-order valence-corrected chi connectivity index (χ4v) is 9.36. The van der Waals surface area contributed by atoms with Crippen LogP contribution in [0.25, 0.3) is 0 Å². The van der Waals surface area contributed by atoms with Crippen LogP contribution in [0, 0.1) is 16.7 Å². The molecule has 322 valence electrons. The fourth-order valence-electron chi connectivity index (χ4n) is 9.36. The van der Waals surface area contributed by atoms with Gasteiger partial charge in [0.15, 0.2) is 23.6 Å². The minimum absolute atomic E-state index is 0.0672. The first-order valence-corrected chi connectivity index (χ1v) is 19.8. The summed E-state index contributed by atoms with van der Waals surface area (Å²) in [6.45, 7) is 13.3. The minimum Gasteiger partial charge on any atom is -0.456 e. The molecule has 0 aromatic heterocycles. The van der Waals surface area contributed by atoms with E-state index in [1.807, 2.05) is 0 Å². The first kappa shape index (κ1) is 44.2. The second-order valence-electron chi connectivity index (χ2n) is 17.7. The van der Waals surface area contributed by atoms with Crippen molar-refractivity contribution in [1.29, 1.82) is 0 Å². The molecule has 10 atom stereocenters. The highest BCUT2D eigenvalue weighted by atomic mass is 16.6. The zero-order chi connectivity index (χ0) is 44.2. The number of rotatable bonds is 9. The van der Waals surface area contributed by atoms with Crippen molar-refractivity contribution in [3.05, 3.63) is 95.1 Å². The number of ether oxygens (including phenoxy) is 6. The van der Waals surface area contributed by atoms with E-state index in [1.54, 1.807) is 103 Å². The molecule has 1 aliphatic heterocycles. The molecule has 6 rings (SSSR count). The quantitative estimate of drug-likeness (QED) is 0.179. The number of aliphatic hydroxyl groups excluding tert-OH is 1. The molecule has 15 nitrogen and oxygen atoms in total. The van der Waals surface area contributed by atoms with Crippen LogP contribution in [0.3, 0.4) is 0 Å². The van der Waals surface area contributed by atoms with Gasteiger partial charge in [-0.2, -0.15) is 0 Å². The Hall–Kier alpha value is -5.38. The molecule has 0 radical (unpaired) electrons. The SMILES string of the molecule is CC(=O)O[C@H]1C(=O)[C@]2(C)C=C[C@H]3OC[C@@]3(OC(C)=O)C2C(OC(=O)c2ccccc2)[C@]2(O)C[C@H](OC(=O)[C@H](O)[C@@H](NC(=O)OC(C)(C)C)c3ccccc3)C(C)=C1C2(C)C. The Morgan fingerprint density at radius 2 is 1.52 bits per heavy atom.